The summed E-state index contributed by atoms with van der Waals surface area (Å²) in [5, 5.41) is 0. The highest BCUT2D eigenvalue weighted by molar-refractivity contribution is 5.69. The van der Waals surface area contributed by atoms with Gasteiger partial charge in [0, 0.05) is 12.6 Å². The van der Waals surface area contributed by atoms with Crippen molar-refractivity contribution >= 4 is 6.09 Å². The van der Waals surface area contributed by atoms with Crippen LogP contribution in [0.25, 0.3) is 0 Å². The Morgan fingerprint density at radius 1 is 1.09 bits per heavy atom. The van der Waals surface area contributed by atoms with Crippen molar-refractivity contribution in [2.24, 2.45) is 5.73 Å². The Labute approximate surface area is 130 Å². The van der Waals surface area contributed by atoms with Crippen LogP contribution in [0, 0.1) is 0 Å². The highest BCUT2D eigenvalue weighted by Gasteiger charge is 2.35. The van der Waals surface area contributed by atoms with Crippen molar-refractivity contribution in [2.75, 3.05) is 6.54 Å². The number of amides is 1. The minimum Gasteiger partial charge on any atom is -0.445 e. The van der Waals surface area contributed by atoms with Gasteiger partial charge in [-0.2, -0.15) is 0 Å². The zero-order valence-corrected chi connectivity index (χ0v) is 12.4. The zero-order chi connectivity index (χ0) is 15.4. The van der Waals surface area contributed by atoms with Gasteiger partial charge in [-0.15, -0.1) is 0 Å². The average Bonchev–Trinajstić information content (AvgIpc) is 2.96. The van der Waals surface area contributed by atoms with Crippen LogP contribution in [0.5, 0.6) is 0 Å². The number of hydrogen-bond donors (Lipinski definition) is 1. The van der Waals surface area contributed by atoms with Gasteiger partial charge < -0.3 is 10.5 Å². The number of ether oxygens (including phenoxy) is 1. The lowest BCUT2D eigenvalue weighted by Crippen LogP contribution is -2.33. The van der Waals surface area contributed by atoms with Crippen LogP contribution in [0.1, 0.15) is 23.6 Å². The number of carbonyl (C=O) groups is 1. The number of carbonyl (C=O) groups excluding carboxylic acids is 1. The van der Waals surface area contributed by atoms with Crippen LogP contribution in [-0.2, 0) is 11.3 Å². The predicted octanol–water partition coefficient (Wildman–Crippen LogP) is 3.10. The summed E-state index contributed by atoms with van der Waals surface area (Å²) in [6.07, 6.45) is 0.468. The van der Waals surface area contributed by atoms with Crippen molar-refractivity contribution in [3.05, 3.63) is 71.8 Å². The molecule has 2 aromatic carbocycles. The van der Waals surface area contributed by atoms with E-state index < -0.39 is 0 Å². The molecule has 0 aromatic heterocycles. The summed E-state index contributed by atoms with van der Waals surface area (Å²) >= 11 is 0. The van der Waals surface area contributed by atoms with E-state index in [0.29, 0.717) is 6.54 Å². The summed E-state index contributed by atoms with van der Waals surface area (Å²) in [7, 11) is 0. The van der Waals surface area contributed by atoms with Gasteiger partial charge >= 0.3 is 6.09 Å². The zero-order valence-electron chi connectivity index (χ0n) is 12.4. The van der Waals surface area contributed by atoms with Gasteiger partial charge in [0.05, 0.1) is 6.04 Å². The number of hydrogen-bond acceptors (Lipinski definition) is 3. The van der Waals surface area contributed by atoms with Crippen molar-refractivity contribution in [1.29, 1.82) is 0 Å². The number of nitrogens with zero attached hydrogens (tertiary/aromatic N) is 1. The van der Waals surface area contributed by atoms with Crippen LogP contribution in [0.2, 0.25) is 0 Å². The maximum absolute atomic E-state index is 12.4. The topological polar surface area (TPSA) is 55.6 Å². The van der Waals surface area contributed by atoms with E-state index in [9.17, 15) is 4.79 Å². The van der Waals surface area contributed by atoms with Crippen molar-refractivity contribution in [2.45, 2.75) is 25.1 Å². The minimum atomic E-state index is -0.300. The number of rotatable bonds is 3. The maximum atomic E-state index is 12.4. The molecule has 0 spiro atoms. The second-order valence-electron chi connectivity index (χ2n) is 5.61. The molecule has 1 aliphatic rings. The van der Waals surface area contributed by atoms with Gasteiger partial charge in [0.2, 0.25) is 0 Å². The van der Waals surface area contributed by atoms with Crippen molar-refractivity contribution in [3.8, 4) is 0 Å². The minimum absolute atomic E-state index is 0.000488. The molecule has 4 heteroatoms. The average molecular weight is 296 g/mol. The summed E-state index contributed by atoms with van der Waals surface area (Å²) < 4.78 is 5.44. The van der Waals surface area contributed by atoms with Gasteiger partial charge in [0.1, 0.15) is 6.61 Å². The Morgan fingerprint density at radius 3 is 2.41 bits per heavy atom. The van der Waals surface area contributed by atoms with Crippen LogP contribution in [0.4, 0.5) is 4.79 Å². The molecule has 0 saturated carbocycles. The number of benzene rings is 2. The van der Waals surface area contributed by atoms with E-state index in [1.54, 1.807) is 4.90 Å². The van der Waals surface area contributed by atoms with Crippen molar-refractivity contribution < 1.29 is 9.53 Å². The lowest BCUT2D eigenvalue weighted by Gasteiger charge is -2.24. The van der Waals surface area contributed by atoms with Crippen LogP contribution in [-0.4, -0.2) is 23.6 Å². The molecule has 0 radical (unpaired) electrons. The van der Waals surface area contributed by atoms with E-state index in [4.69, 9.17) is 10.5 Å². The Kier molecular flexibility index (Phi) is 4.39. The quantitative estimate of drug-likeness (QED) is 0.947. The first kappa shape index (κ1) is 14.6. The van der Waals surface area contributed by atoms with Gasteiger partial charge in [-0.1, -0.05) is 60.7 Å². The standard InChI is InChI=1S/C18H20N2O2/c19-16-11-17(15-9-5-2-6-10-15)20(12-16)18(21)22-13-14-7-3-1-4-8-14/h1-10,16-17H,11-13,19H2. The highest BCUT2D eigenvalue weighted by atomic mass is 16.6. The lowest BCUT2D eigenvalue weighted by molar-refractivity contribution is 0.0918. The first-order valence-corrected chi connectivity index (χ1v) is 7.52. The van der Waals surface area contributed by atoms with Gasteiger partial charge in [0.25, 0.3) is 0 Å². The van der Waals surface area contributed by atoms with Crippen molar-refractivity contribution in [3.63, 3.8) is 0 Å². The molecule has 1 amide bonds. The molecule has 114 valence electrons. The van der Waals surface area contributed by atoms with E-state index in [0.717, 1.165) is 17.5 Å². The monoisotopic (exact) mass is 296 g/mol. The molecule has 2 aromatic rings. The largest absolute Gasteiger partial charge is 0.445 e. The molecule has 1 saturated heterocycles. The van der Waals surface area contributed by atoms with Gasteiger partial charge in [0.15, 0.2) is 0 Å². The number of likely N-dealkylation sites (tertiary alicyclic amines) is 1. The van der Waals surface area contributed by atoms with Gasteiger partial charge in [-0.05, 0) is 17.5 Å². The Bertz CT molecular complexity index is 615. The van der Waals surface area contributed by atoms with E-state index in [2.05, 4.69) is 0 Å². The summed E-state index contributed by atoms with van der Waals surface area (Å²) in [5.41, 5.74) is 8.13. The molecule has 2 atom stereocenters. The molecule has 1 aliphatic heterocycles. The fourth-order valence-electron chi connectivity index (χ4n) is 2.86. The van der Waals surface area contributed by atoms with Crippen molar-refractivity contribution in [1.82, 2.24) is 4.90 Å². The first-order valence-electron chi connectivity index (χ1n) is 7.52. The molecular formula is C18H20N2O2. The molecule has 0 aliphatic carbocycles. The summed E-state index contributed by atoms with van der Waals surface area (Å²) in [5.74, 6) is 0. The van der Waals surface area contributed by atoms with E-state index in [1.807, 2.05) is 60.7 Å². The Balaban J connectivity index is 1.67. The van der Waals surface area contributed by atoms with E-state index in [-0.39, 0.29) is 24.8 Å². The van der Waals surface area contributed by atoms with E-state index in [1.165, 1.54) is 0 Å². The van der Waals surface area contributed by atoms with Crippen LogP contribution in [0.15, 0.2) is 60.7 Å². The molecule has 1 fully saturated rings. The molecule has 3 rings (SSSR count). The third-order valence-corrected chi connectivity index (χ3v) is 3.96. The summed E-state index contributed by atoms with van der Waals surface area (Å²) in [4.78, 5) is 14.1. The Morgan fingerprint density at radius 2 is 1.73 bits per heavy atom. The second kappa shape index (κ2) is 6.62. The summed E-state index contributed by atoms with van der Waals surface area (Å²) in [6.45, 7) is 0.820. The smallest absolute Gasteiger partial charge is 0.410 e. The van der Waals surface area contributed by atoms with Crippen LogP contribution >= 0.6 is 0 Å². The fraction of sp³-hybridized carbons (Fsp3) is 0.278. The second-order valence-corrected chi connectivity index (χ2v) is 5.61. The van der Waals surface area contributed by atoms with Gasteiger partial charge in [-0.3, -0.25) is 4.90 Å². The highest BCUT2D eigenvalue weighted by Crippen LogP contribution is 2.31. The first-order chi connectivity index (χ1) is 10.7. The molecule has 0 bridgehead atoms. The predicted molar refractivity (Wildman–Crippen MR) is 85.1 cm³/mol. The SMILES string of the molecule is NC1CC(c2ccccc2)N(C(=O)OCc2ccccc2)C1. The molecule has 2 unspecified atom stereocenters. The fourth-order valence-corrected chi connectivity index (χ4v) is 2.86. The van der Waals surface area contributed by atoms with E-state index >= 15 is 0 Å². The maximum Gasteiger partial charge on any atom is 0.410 e. The van der Waals surface area contributed by atoms with Crippen LogP contribution < -0.4 is 5.73 Å². The normalized spacial score (nSPS) is 20.9. The lowest BCUT2D eigenvalue weighted by atomic mass is 10.0. The number of nitrogens with two attached hydrogens (primary N) is 1. The third-order valence-electron chi connectivity index (χ3n) is 3.96. The molecule has 4 nitrogen and oxygen atoms in total. The third kappa shape index (κ3) is 3.28. The van der Waals surface area contributed by atoms with Gasteiger partial charge in [-0.25, -0.2) is 4.79 Å². The Hall–Kier alpha value is -2.33. The van der Waals surface area contributed by atoms with Crippen LogP contribution in [0.3, 0.4) is 0 Å². The summed E-state index contributed by atoms with van der Waals surface area (Å²) in [6, 6.07) is 19.7. The molecule has 1 heterocycles. The molecule has 2 N–H and O–H groups in total. The molecule has 22 heavy (non-hydrogen) atoms. The molecular weight excluding hydrogens is 276 g/mol.